The molecule has 0 amide bonds. The Labute approximate surface area is 73.4 Å². The Morgan fingerprint density at radius 3 is 2.75 bits per heavy atom. The van der Waals surface area contributed by atoms with E-state index < -0.39 is 0 Å². The zero-order valence-electron chi connectivity index (χ0n) is 7.42. The van der Waals surface area contributed by atoms with Gasteiger partial charge in [0.25, 0.3) is 0 Å². The highest BCUT2D eigenvalue weighted by molar-refractivity contribution is 5.75. The fraction of sp³-hybridized carbons (Fsp3) is 0.889. The van der Waals surface area contributed by atoms with Gasteiger partial charge in [-0.25, -0.2) is 0 Å². The standard InChI is InChI=1S/C9H17N3/c10-9(11)12-6-5-7-3-1-2-4-8(7)12/h7-8H,1-6H2,(H3,10,11)/t7-,8-/m0/s1. The molecule has 2 fully saturated rings. The van der Waals surface area contributed by atoms with Crippen LogP contribution in [0.1, 0.15) is 32.1 Å². The van der Waals surface area contributed by atoms with Crippen LogP contribution in [0.25, 0.3) is 0 Å². The molecule has 3 heteroatoms. The van der Waals surface area contributed by atoms with E-state index in [1.54, 1.807) is 0 Å². The molecular formula is C9H17N3. The van der Waals surface area contributed by atoms with Gasteiger partial charge in [-0.2, -0.15) is 0 Å². The summed E-state index contributed by atoms with van der Waals surface area (Å²) in [5, 5.41) is 7.42. The molecule has 1 aliphatic heterocycles. The van der Waals surface area contributed by atoms with Crippen LogP contribution in [0.5, 0.6) is 0 Å². The summed E-state index contributed by atoms with van der Waals surface area (Å²) in [4.78, 5) is 2.09. The van der Waals surface area contributed by atoms with Gasteiger partial charge < -0.3 is 10.6 Å². The van der Waals surface area contributed by atoms with Crippen LogP contribution in [0.2, 0.25) is 0 Å². The number of hydrogen-bond acceptors (Lipinski definition) is 1. The van der Waals surface area contributed by atoms with Crippen LogP contribution in [0.3, 0.4) is 0 Å². The highest BCUT2D eigenvalue weighted by Gasteiger charge is 2.35. The third-order valence-electron chi connectivity index (χ3n) is 3.32. The first-order valence-electron chi connectivity index (χ1n) is 4.89. The summed E-state index contributed by atoms with van der Waals surface area (Å²) in [6, 6.07) is 0.608. The average molecular weight is 167 g/mol. The van der Waals surface area contributed by atoms with E-state index in [9.17, 15) is 0 Å². The van der Waals surface area contributed by atoms with Crippen molar-refractivity contribution in [3.63, 3.8) is 0 Å². The number of nitrogens with two attached hydrogens (primary N) is 1. The normalized spacial score (nSPS) is 34.8. The monoisotopic (exact) mass is 167 g/mol. The first-order chi connectivity index (χ1) is 5.79. The van der Waals surface area contributed by atoms with Crippen LogP contribution in [-0.2, 0) is 0 Å². The predicted octanol–water partition coefficient (Wildman–Crippen LogP) is 1.14. The van der Waals surface area contributed by atoms with Gasteiger partial charge in [-0.1, -0.05) is 12.8 Å². The van der Waals surface area contributed by atoms with Crippen molar-refractivity contribution in [3.05, 3.63) is 0 Å². The molecule has 1 saturated heterocycles. The van der Waals surface area contributed by atoms with Crippen molar-refractivity contribution in [3.8, 4) is 0 Å². The van der Waals surface area contributed by atoms with Crippen LogP contribution < -0.4 is 5.73 Å². The molecule has 0 unspecified atom stereocenters. The molecule has 3 nitrogen and oxygen atoms in total. The first kappa shape index (κ1) is 7.90. The molecule has 2 atom stereocenters. The van der Waals surface area contributed by atoms with E-state index in [0.717, 1.165) is 12.5 Å². The van der Waals surface area contributed by atoms with Crippen molar-refractivity contribution in [2.75, 3.05) is 6.54 Å². The van der Waals surface area contributed by atoms with Gasteiger partial charge in [0, 0.05) is 12.6 Å². The van der Waals surface area contributed by atoms with E-state index in [4.69, 9.17) is 11.1 Å². The third kappa shape index (κ3) is 1.17. The van der Waals surface area contributed by atoms with Crippen molar-refractivity contribution >= 4 is 5.96 Å². The molecule has 1 aliphatic carbocycles. The van der Waals surface area contributed by atoms with Crippen molar-refractivity contribution < 1.29 is 0 Å². The maximum atomic E-state index is 7.42. The van der Waals surface area contributed by atoms with Crippen LogP contribution in [0, 0.1) is 11.3 Å². The third-order valence-corrected chi connectivity index (χ3v) is 3.32. The van der Waals surface area contributed by atoms with E-state index in [1.807, 2.05) is 0 Å². The van der Waals surface area contributed by atoms with Crippen molar-refractivity contribution in [2.45, 2.75) is 38.1 Å². The number of likely N-dealkylation sites (tertiary alicyclic amines) is 1. The van der Waals surface area contributed by atoms with Gasteiger partial charge in [0.05, 0.1) is 0 Å². The SMILES string of the molecule is N=C(N)N1CC[C@@H]2CCCC[C@@H]21. The molecular weight excluding hydrogens is 150 g/mol. The molecule has 0 aromatic carbocycles. The largest absolute Gasteiger partial charge is 0.370 e. The lowest BCUT2D eigenvalue weighted by atomic mass is 9.85. The van der Waals surface area contributed by atoms with E-state index in [2.05, 4.69) is 4.90 Å². The Bertz CT molecular complexity index is 190. The lowest BCUT2D eigenvalue weighted by Gasteiger charge is -2.31. The molecule has 0 aromatic rings. The highest BCUT2D eigenvalue weighted by Crippen LogP contribution is 2.35. The van der Waals surface area contributed by atoms with Crippen LogP contribution in [0.4, 0.5) is 0 Å². The fourth-order valence-corrected chi connectivity index (χ4v) is 2.70. The molecule has 1 heterocycles. The van der Waals surface area contributed by atoms with Crippen LogP contribution in [-0.4, -0.2) is 23.4 Å². The van der Waals surface area contributed by atoms with E-state index in [1.165, 1.54) is 32.1 Å². The summed E-state index contributed by atoms with van der Waals surface area (Å²) in [6.07, 6.45) is 6.57. The Morgan fingerprint density at radius 1 is 1.25 bits per heavy atom. The zero-order chi connectivity index (χ0) is 8.55. The van der Waals surface area contributed by atoms with Gasteiger partial charge in [0.2, 0.25) is 0 Å². The Balaban J connectivity index is 2.05. The summed E-state index contributed by atoms with van der Waals surface area (Å²) in [5.41, 5.74) is 5.51. The van der Waals surface area contributed by atoms with Gasteiger partial charge in [0.15, 0.2) is 5.96 Å². The van der Waals surface area contributed by atoms with Crippen molar-refractivity contribution in [1.82, 2.24) is 4.90 Å². The predicted molar refractivity (Wildman–Crippen MR) is 49.0 cm³/mol. The van der Waals surface area contributed by atoms with E-state index >= 15 is 0 Å². The molecule has 2 rings (SSSR count). The molecule has 68 valence electrons. The lowest BCUT2D eigenvalue weighted by Crippen LogP contribution is -2.42. The first-order valence-corrected chi connectivity index (χ1v) is 4.89. The maximum Gasteiger partial charge on any atom is 0.188 e. The van der Waals surface area contributed by atoms with Gasteiger partial charge in [-0.15, -0.1) is 0 Å². The van der Waals surface area contributed by atoms with E-state index in [0.29, 0.717) is 6.04 Å². The van der Waals surface area contributed by atoms with Gasteiger partial charge >= 0.3 is 0 Å². The zero-order valence-corrected chi connectivity index (χ0v) is 7.42. The number of guanidine groups is 1. The van der Waals surface area contributed by atoms with Gasteiger partial charge in [-0.3, -0.25) is 5.41 Å². The molecule has 12 heavy (non-hydrogen) atoms. The second-order valence-corrected chi connectivity index (χ2v) is 3.98. The molecule has 2 aliphatic rings. The fourth-order valence-electron chi connectivity index (χ4n) is 2.70. The molecule has 3 N–H and O–H groups in total. The Kier molecular flexibility index (Phi) is 1.95. The summed E-state index contributed by atoms with van der Waals surface area (Å²) < 4.78 is 0. The van der Waals surface area contributed by atoms with Gasteiger partial charge in [0.1, 0.15) is 0 Å². The Morgan fingerprint density at radius 2 is 2.00 bits per heavy atom. The maximum absolute atomic E-state index is 7.42. The minimum absolute atomic E-state index is 0.282. The average Bonchev–Trinajstić information content (AvgIpc) is 2.47. The second-order valence-electron chi connectivity index (χ2n) is 3.98. The van der Waals surface area contributed by atoms with Crippen molar-refractivity contribution in [1.29, 1.82) is 5.41 Å². The summed E-state index contributed by atoms with van der Waals surface area (Å²) in [7, 11) is 0. The summed E-state index contributed by atoms with van der Waals surface area (Å²) in [6.45, 7) is 1.02. The van der Waals surface area contributed by atoms with Crippen molar-refractivity contribution in [2.24, 2.45) is 11.7 Å². The Hall–Kier alpha value is -0.730. The van der Waals surface area contributed by atoms with Gasteiger partial charge in [-0.05, 0) is 25.2 Å². The minimum Gasteiger partial charge on any atom is -0.370 e. The van der Waals surface area contributed by atoms with E-state index in [-0.39, 0.29) is 5.96 Å². The highest BCUT2D eigenvalue weighted by atomic mass is 15.3. The number of hydrogen-bond donors (Lipinski definition) is 2. The topological polar surface area (TPSA) is 53.1 Å². The summed E-state index contributed by atoms with van der Waals surface area (Å²) >= 11 is 0. The molecule has 0 spiro atoms. The molecule has 1 saturated carbocycles. The minimum atomic E-state index is 0.282. The smallest absolute Gasteiger partial charge is 0.188 e. The molecule has 0 radical (unpaired) electrons. The summed E-state index contributed by atoms with van der Waals surface area (Å²) in [5.74, 6) is 1.12. The number of nitrogens with one attached hydrogen (secondary N) is 1. The van der Waals surface area contributed by atoms with Crippen LogP contribution >= 0.6 is 0 Å². The number of rotatable bonds is 0. The number of fused-ring (bicyclic) bond motifs is 1. The quantitative estimate of drug-likeness (QED) is 0.420. The lowest BCUT2D eigenvalue weighted by molar-refractivity contribution is 0.251. The molecule has 0 bridgehead atoms. The van der Waals surface area contributed by atoms with Crippen LogP contribution in [0.15, 0.2) is 0 Å². The number of nitrogens with zero attached hydrogens (tertiary/aromatic N) is 1. The molecule has 0 aromatic heterocycles. The second kappa shape index (κ2) is 2.96.